The van der Waals surface area contributed by atoms with Crippen molar-refractivity contribution in [3.63, 3.8) is 0 Å². The van der Waals surface area contributed by atoms with Crippen molar-refractivity contribution in [1.29, 1.82) is 0 Å². The number of nitrogens with two attached hydrogens (primary N) is 1. The first-order chi connectivity index (χ1) is 10.0. The largest absolute Gasteiger partial charge is 0.409 e. The molecule has 1 amide bonds. The second-order valence-corrected chi connectivity index (χ2v) is 5.02. The highest BCUT2D eigenvalue weighted by molar-refractivity contribution is 5.97. The van der Waals surface area contributed by atoms with E-state index in [-0.39, 0.29) is 30.0 Å². The molecule has 1 aliphatic heterocycles. The zero-order chi connectivity index (χ0) is 15.4. The van der Waals surface area contributed by atoms with Gasteiger partial charge >= 0.3 is 0 Å². The van der Waals surface area contributed by atoms with E-state index in [2.05, 4.69) is 10.5 Å². The van der Waals surface area contributed by atoms with Crippen LogP contribution >= 0.6 is 0 Å². The third-order valence-corrected chi connectivity index (χ3v) is 3.43. The molecule has 1 aromatic rings. The molecule has 21 heavy (non-hydrogen) atoms. The lowest BCUT2D eigenvalue weighted by molar-refractivity contribution is -0.131. The van der Waals surface area contributed by atoms with Gasteiger partial charge in [0.1, 0.15) is 11.9 Å². The van der Waals surface area contributed by atoms with Gasteiger partial charge in [-0.2, -0.15) is 0 Å². The van der Waals surface area contributed by atoms with Crippen LogP contribution in [0.15, 0.2) is 23.4 Å². The zero-order valence-electron chi connectivity index (χ0n) is 11.7. The third-order valence-electron chi connectivity index (χ3n) is 3.43. The van der Waals surface area contributed by atoms with Crippen molar-refractivity contribution in [3.05, 3.63) is 35.1 Å². The first-order valence-corrected chi connectivity index (χ1v) is 6.70. The van der Waals surface area contributed by atoms with Gasteiger partial charge in [-0.3, -0.25) is 4.79 Å². The molecule has 0 bridgehead atoms. The highest BCUT2D eigenvalue weighted by Gasteiger charge is 2.27. The standard InChI is InChI=1S/C14H18FN3O3/c1-8-2-5-12(21-8)14(19)17-7-10-4-3-9(6-11(10)15)13(16)18-20/h3-4,6,8,12,20H,2,5,7H2,1H3,(H2,16,18)(H,17,19). The van der Waals surface area contributed by atoms with Gasteiger partial charge in [-0.05, 0) is 25.8 Å². The van der Waals surface area contributed by atoms with Crippen molar-refractivity contribution >= 4 is 11.7 Å². The second-order valence-electron chi connectivity index (χ2n) is 5.02. The third kappa shape index (κ3) is 3.69. The fourth-order valence-corrected chi connectivity index (χ4v) is 2.20. The number of amidine groups is 1. The van der Waals surface area contributed by atoms with Crippen LogP contribution in [0.2, 0.25) is 0 Å². The predicted octanol–water partition coefficient (Wildman–Crippen LogP) is 1.10. The van der Waals surface area contributed by atoms with Crippen molar-refractivity contribution in [1.82, 2.24) is 5.32 Å². The average Bonchev–Trinajstić information content (AvgIpc) is 2.91. The summed E-state index contributed by atoms with van der Waals surface area (Å²) < 4.78 is 19.3. The van der Waals surface area contributed by atoms with Crippen LogP contribution in [0.5, 0.6) is 0 Å². The van der Waals surface area contributed by atoms with Gasteiger partial charge in [-0.25, -0.2) is 4.39 Å². The van der Waals surface area contributed by atoms with Crippen molar-refractivity contribution in [2.75, 3.05) is 0 Å². The van der Waals surface area contributed by atoms with Crippen LogP contribution in [0.25, 0.3) is 0 Å². The quantitative estimate of drug-likeness (QED) is 0.335. The lowest BCUT2D eigenvalue weighted by Crippen LogP contribution is -2.34. The van der Waals surface area contributed by atoms with Gasteiger partial charge in [-0.15, -0.1) is 0 Å². The molecule has 6 nitrogen and oxygen atoms in total. The summed E-state index contributed by atoms with van der Waals surface area (Å²) in [6.07, 6.45) is 1.15. The highest BCUT2D eigenvalue weighted by Crippen LogP contribution is 2.19. The number of nitrogens with one attached hydrogen (secondary N) is 1. The minimum atomic E-state index is -0.528. The maximum absolute atomic E-state index is 13.9. The van der Waals surface area contributed by atoms with Crippen LogP contribution in [0, 0.1) is 5.82 Å². The fraction of sp³-hybridized carbons (Fsp3) is 0.429. The Hall–Kier alpha value is -2.15. The summed E-state index contributed by atoms with van der Waals surface area (Å²) in [5.74, 6) is -0.933. The maximum Gasteiger partial charge on any atom is 0.249 e. The van der Waals surface area contributed by atoms with Crippen LogP contribution in [-0.4, -0.2) is 29.2 Å². The van der Waals surface area contributed by atoms with E-state index >= 15 is 0 Å². The smallest absolute Gasteiger partial charge is 0.249 e. The molecule has 0 radical (unpaired) electrons. The molecule has 1 aliphatic rings. The molecule has 0 aromatic heterocycles. The minimum absolute atomic E-state index is 0.0648. The van der Waals surface area contributed by atoms with Crippen molar-refractivity contribution in [2.45, 2.75) is 38.5 Å². The summed E-state index contributed by atoms with van der Waals surface area (Å²) in [4.78, 5) is 11.9. The predicted molar refractivity (Wildman–Crippen MR) is 74.3 cm³/mol. The number of carbonyl (C=O) groups excluding carboxylic acids is 1. The molecule has 1 fully saturated rings. The van der Waals surface area contributed by atoms with Crippen LogP contribution in [0.4, 0.5) is 4.39 Å². The number of oxime groups is 1. The molecule has 4 N–H and O–H groups in total. The van der Waals surface area contributed by atoms with Gasteiger partial charge in [-0.1, -0.05) is 17.3 Å². The molecular formula is C14H18FN3O3. The molecule has 2 rings (SSSR count). The number of ether oxygens (including phenoxy) is 1. The molecule has 1 saturated heterocycles. The highest BCUT2D eigenvalue weighted by atomic mass is 19.1. The van der Waals surface area contributed by atoms with E-state index in [9.17, 15) is 9.18 Å². The molecule has 0 saturated carbocycles. The first kappa shape index (κ1) is 15.2. The molecule has 2 unspecified atom stereocenters. The Labute approximate surface area is 121 Å². The Bertz CT molecular complexity index is 562. The van der Waals surface area contributed by atoms with Crippen LogP contribution in [0.1, 0.15) is 30.9 Å². The van der Waals surface area contributed by atoms with E-state index in [4.69, 9.17) is 15.7 Å². The maximum atomic E-state index is 13.9. The number of hydrogen-bond donors (Lipinski definition) is 3. The Morgan fingerprint density at radius 2 is 2.33 bits per heavy atom. The summed E-state index contributed by atoms with van der Waals surface area (Å²) >= 11 is 0. The van der Waals surface area contributed by atoms with Crippen LogP contribution in [-0.2, 0) is 16.1 Å². The number of benzene rings is 1. The lowest BCUT2D eigenvalue weighted by Gasteiger charge is -2.12. The summed E-state index contributed by atoms with van der Waals surface area (Å²) in [7, 11) is 0. The van der Waals surface area contributed by atoms with E-state index in [0.717, 1.165) is 12.5 Å². The summed E-state index contributed by atoms with van der Waals surface area (Å²) in [5.41, 5.74) is 5.98. The zero-order valence-corrected chi connectivity index (χ0v) is 11.7. The van der Waals surface area contributed by atoms with Crippen molar-refractivity contribution < 1.29 is 19.1 Å². The SMILES string of the molecule is CC1CCC(C(=O)NCc2ccc(/C(N)=N/O)cc2F)O1. The van der Waals surface area contributed by atoms with Gasteiger partial charge in [0.15, 0.2) is 5.84 Å². The molecule has 7 heteroatoms. The second kappa shape index (κ2) is 6.53. The van der Waals surface area contributed by atoms with Gasteiger partial charge in [0.2, 0.25) is 5.91 Å². The molecule has 0 spiro atoms. The molecular weight excluding hydrogens is 277 g/mol. The molecule has 1 aromatic carbocycles. The molecule has 114 valence electrons. The lowest BCUT2D eigenvalue weighted by atomic mass is 10.1. The molecule has 0 aliphatic carbocycles. The van der Waals surface area contributed by atoms with E-state index < -0.39 is 11.9 Å². The van der Waals surface area contributed by atoms with Crippen LogP contribution in [0.3, 0.4) is 0 Å². The molecule has 2 atom stereocenters. The Morgan fingerprint density at radius 1 is 1.57 bits per heavy atom. The number of nitrogens with zero attached hydrogens (tertiary/aromatic N) is 1. The number of halogens is 1. The average molecular weight is 295 g/mol. The first-order valence-electron chi connectivity index (χ1n) is 6.70. The summed E-state index contributed by atoms with van der Waals surface area (Å²) in [5, 5.41) is 14.0. The van der Waals surface area contributed by atoms with E-state index in [1.54, 1.807) is 0 Å². The monoisotopic (exact) mass is 295 g/mol. The number of carbonyl (C=O) groups is 1. The normalized spacial score (nSPS) is 22.3. The van der Waals surface area contributed by atoms with E-state index in [1.807, 2.05) is 6.92 Å². The Balaban J connectivity index is 1.96. The van der Waals surface area contributed by atoms with Gasteiger partial charge in [0, 0.05) is 17.7 Å². The number of rotatable bonds is 4. The summed E-state index contributed by atoms with van der Waals surface area (Å²) in [6, 6.07) is 4.17. The van der Waals surface area contributed by atoms with E-state index in [1.165, 1.54) is 12.1 Å². The minimum Gasteiger partial charge on any atom is -0.409 e. The number of hydrogen-bond acceptors (Lipinski definition) is 4. The van der Waals surface area contributed by atoms with Crippen molar-refractivity contribution in [3.8, 4) is 0 Å². The fourth-order valence-electron chi connectivity index (χ4n) is 2.20. The topological polar surface area (TPSA) is 96.9 Å². The Morgan fingerprint density at radius 3 is 2.90 bits per heavy atom. The number of amides is 1. The Kier molecular flexibility index (Phi) is 4.74. The van der Waals surface area contributed by atoms with Gasteiger partial charge in [0.25, 0.3) is 0 Å². The van der Waals surface area contributed by atoms with E-state index in [0.29, 0.717) is 12.0 Å². The van der Waals surface area contributed by atoms with Crippen LogP contribution < -0.4 is 11.1 Å². The van der Waals surface area contributed by atoms with Gasteiger partial charge < -0.3 is 21.0 Å². The summed E-state index contributed by atoms with van der Waals surface area (Å²) in [6.45, 7) is 1.98. The molecule has 1 heterocycles. The van der Waals surface area contributed by atoms with Crippen molar-refractivity contribution in [2.24, 2.45) is 10.9 Å². The van der Waals surface area contributed by atoms with Gasteiger partial charge in [0.05, 0.1) is 6.10 Å².